The van der Waals surface area contributed by atoms with E-state index in [0.717, 1.165) is 24.2 Å². The first-order valence-corrected chi connectivity index (χ1v) is 6.34. The second kappa shape index (κ2) is 6.27. The zero-order chi connectivity index (χ0) is 13.0. The van der Waals surface area contributed by atoms with Crippen LogP contribution in [-0.4, -0.2) is 31.9 Å². The van der Waals surface area contributed by atoms with Crippen LogP contribution in [-0.2, 0) is 16.1 Å². The summed E-state index contributed by atoms with van der Waals surface area (Å²) in [5.41, 5.74) is 1.94. The summed E-state index contributed by atoms with van der Waals surface area (Å²) in [5, 5.41) is 3.30. The van der Waals surface area contributed by atoms with Crippen LogP contribution in [0.4, 0.5) is 4.39 Å². The molecule has 2 unspecified atom stereocenters. The molecule has 0 bridgehead atoms. The number of nitrogens with one attached hydrogen (secondary N) is 1. The molecule has 1 fully saturated rings. The number of hydrogen-bond donors (Lipinski definition) is 1. The van der Waals surface area contributed by atoms with Gasteiger partial charge in [-0.25, -0.2) is 4.39 Å². The number of rotatable bonds is 4. The molecule has 1 heterocycles. The van der Waals surface area contributed by atoms with Crippen molar-refractivity contribution in [2.75, 3.05) is 19.7 Å². The molecule has 0 saturated carbocycles. The third-order valence-corrected chi connectivity index (χ3v) is 3.09. The van der Waals surface area contributed by atoms with E-state index in [1.54, 1.807) is 6.07 Å². The second-order valence-electron chi connectivity index (χ2n) is 4.81. The number of ether oxygens (including phenoxy) is 2. The van der Waals surface area contributed by atoms with Crippen molar-refractivity contribution in [1.29, 1.82) is 0 Å². The molecule has 2 rings (SSSR count). The molecule has 2 atom stereocenters. The van der Waals surface area contributed by atoms with Crippen molar-refractivity contribution in [3.8, 4) is 0 Å². The summed E-state index contributed by atoms with van der Waals surface area (Å²) < 4.78 is 24.3. The van der Waals surface area contributed by atoms with Crippen molar-refractivity contribution in [2.24, 2.45) is 0 Å². The maximum Gasteiger partial charge on any atom is 0.123 e. The maximum atomic E-state index is 12.9. The highest BCUT2D eigenvalue weighted by Gasteiger charge is 2.18. The molecule has 4 heteroatoms. The molecule has 1 aliphatic heterocycles. The van der Waals surface area contributed by atoms with E-state index in [4.69, 9.17) is 9.47 Å². The average molecular weight is 253 g/mol. The Kier molecular flexibility index (Phi) is 4.69. The number of morpholine rings is 1. The number of halogens is 1. The minimum Gasteiger partial charge on any atom is -0.374 e. The van der Waals surface area contributed by atoms with Crippen LogP contribution in [0.25, 0.3) is 0 Å². The second-order valence-corrected chi connectivity index (χ2v) is 4.81. The fourth-order valence-electron chi connectivity index (χ4n) is 2.09. The Morgan fingerprint density at radius 3 is 3.00 bits per heavy atom. The van der Waals surface area contributed by atoms with E-state index in [1.165, 1.54) is 12.1 Å². The highest BCUT2D eigenvalue weighted by atomic mass is 19.1. The Bertz CT molecular complexity index is 397. The van der Waals surface area contributed by atoms with Gasteiger partial charge in [0.1, 0.15) is 5.82 Å². The summed E-state index contributed by atoms with van der Waals surface area (Å²) in [4.78, 5) is 0. The van der Waals surface area contributed by atoms with E-state index in [-0.39, 0.29) is 18.0 Å². The van der Waals surface area contributed by atoms with Crippen molar-refractivity contribution in [3.05, 3.63) is 35.1 Å². The highest BCUT2D eigenvalue weighted by molar-refractivity contribution is 5.25. The molecular weight excluding hydrogens is 233 g/mol. The summed E-state index contributed by atoms with van der Waals surface area (Å²) in [5.74, 6) is -0.204. The van der Waals surface area contributed by atoms with Crippen LogP contribution in [0.1, 0.15) is 18.1 Å². The van der Waals surface area contributed by atoms with E-state index in [0.29, 0.717) is 13.2 Å². The van der Waals surface area contributed by atoms with Gasteiger partial charge in [-0.1, -0.05) is 6.07 Å². The van der Waals surface area contributed by atoms with Gasteiger partial charge in [-0.3, -0.25) is 0 Å². The fourth-order valence-corrected chi connectivity index (χ4v) is 2.09. The molecule has 0 amide bonds. The summed E-state index contributed by atoms with van der Waals surface area (Å²) in [6, 6.07) is 4.76. The van der Waals surface area contributed by atoms with Crippen LogP contribution in [0.2, 0.25) is 0 Å². The van der Waals surface area contributed by atoms with Crippen molar-refractivity contribution in [1.82, 2.24) is 5.32 Å². The minimum atomic E-state index is -0.204. The zero-order valence-corrected chi connectivity index (χ0v) is 10.9. The lowest BCUT2D eigenvalue weighted by atomic mass is 10.1. The largest absolute Gasteiger partial charge is 0.374 e. The van der Waals surface area contributed by atoms with Gasteiger partial charge in [0, 0.05) is 13.1 Å². The zero-order valence-electron chi connectivity index (χ0n) is 10.9. The van der Waals surface area contributed by atoms with Crippen molar-refractivity contribution >= 4 is 0 Å². The summed E-state index contributed by atoms with van der Waals surface area (Å²) in [7, 11) is 0. The van der Waals surface area contributed by atoms with Gasteiger partial charge in [-0.2, -0.15) is 0 Å². The molecule has 100 valence electrons. The lowest BCUT2D eigenvalue weighted by Crippen LogP contribution is -2.45. The maximum absolute atomic E-state index is 12.9. The van der Waals surface area contributed by atoms with Crippen molar-refractivity contribution < 1.29 is 13.9 Å². The van der Waals surface area contributed by atoms with Gasteiger partial charge in [-0.15, -0.1) is 0 Å². The van der Waals surface area contributed by atoms with E-state index in [2.05, 4.69) is 5.32 Å². The predicted molar refractivity (Wildman–Crippen MR) is 68.0 cm³/mol. The molecular formula is C14H20FNO2. The normalized spacial score (nSPS) is 24.2. The molecule has 1 aliphatic rings. The van der Waals surface area contributed by atoms with Gasteiger partial charge in [-0.05, 0) is 37.1 Å². The van der Waals surface area contributed by atoms with E-state index in [1.807, 2.05) is 13.8 Å². The Balaban J connectivity index is 1.77. The third-order valence-electron chi connectivity index (χ3n) is 3.09. The average Bonchev–Trinajstić information content (AvgIpc) is 2.32. The molecule has 1 saturated heterocycles. The van der Waals surface area contributed by atoms with Crippen molar-refractivity contribution in [3.63, 3.8) is 0 Å². The monoisotopic (exact) mass is 253 g/mol. The van der Waals surface area contributed by atoms with Gasteiger partial charge in [0.2, 0.25) is 0 Å². The van der Waals surface area contributed by atoms with Crippen LogP contribution < -0.4 is 5.32 Å². The highest BCUT2D eigenvalue weighted by Crippen LogP contribution is 2.12. The Hall–Kier alpha value is -0.970. The third kappa shape index (κ3) is 3.77. The molecule has 0 aliphatic carbocycles. The van der Waals surface area contributed by atoms with E-state index < -0.39 is 0 Å². The molecule has 1 aromatic rings. The summed E-state index contributed by atoms with van der Waals surface area (Å²) in [6.45, 7) is 6.72. The van der Waals surface area contributed by atoms with Gasteiger partial charge in [0.25, 0.3) is 0 Å². The van der Waals surface area contributed by atoms with Gasteiger partial charge < -0.3 is 14.8 Å². The van der Waals surface area contributed by atoms with Gasteiger partial charge >= 0.3 is 0 Å². The molecule has 1 aromatic carbocycles. The molecule has 18 heavy (non-hydrogen) atoms. The van der Waals surface area contributed by atoms with Crippen LogP contribution >= 0.6 is 0 Å². The smallest absolute Gasteiger partial charge is 0.123 e. The fraction of sp³-hybridized carbons (Fsp3) is 0.571. The topological polar surface area (TPSA) is 30.5 Å². The minimum absolute atomic E-state index is 0.106. The standard InChI is InChI=1S/C14H20FNO2/c1-10-5-13(15)4-3-12(10)8-17-9-14-7-16-6-11(2)18-14/h3-5,11,14,16H,6-9H2,1-2H3. The van der Waals surface area contributed by atoms with E-state index in [9.17, 15) is 4.39 Å². The quantitative estimate of drug-likeness (QED) is 0.890. The number of hydrogen-bond acceptors (Lipinski definition) is 3. The number of benzene rings is 1. The SMILES string of the molecule is Cc1cc(F)ccc1COCC1CNCC(C)O1. The van der Waals surface area contributed by atoms with Crippen molar-refractivity contribution in [2.45, 2.75) is 32.7 Å². The molecule has 0 spiro atoms. The lowest BCUT2D eigenvalue weighted by molar-refractivity contribution is -0.0716. The molecule has 3 nitrogen and oxygen atoms in total. The van der Waals surface area contributed by atoms with Crippen LogP contribution in [0.15, 0.2) is 18.2 Å². The molecule has 0 aromatic heterocycles. The lowest BCUT2D eigenvalue weighted by Gasteiger charge is -2.28. The first-order chi connectivity index (χ1) is 8.65. The van der Waals surface area contributed by atoms with Crippen LogP contribution in [0, 0.1) is 12.7 Å². The Labute approximate surface area is 107 Å². The van der Waals surface area contributed by atoms with E-state index >= 15 is 0 Å². The predicted octanol–water partition coefficient (Wildman–Crippen LogP) is 2.03. The van der Waals surface area contributed by atoms with Gasteiger partial charge in [0.05, 0.1) is 25.4 Å². The Morgan fingerprint density at radius 1 is 1.44 bits per heavy atom. The van der Waals surface area contributed by atoms with Crippen LogP contribution in [0.3, 0.4) is 0 Å². The van der Waals surface area contributed by atoms with Gasteiger partial charge in [0.15, 0.2) is 0 Å². The number of aryl methyl sites for hydroxylation is 1. The molecule has 0 radical (unpaired) electrons. The molecule has 1 N–H and O–H groups in total. The first kappa shape index (κ1) is 13.5. The summed E-state index contributed by atoms with van der Waals surface area (Å²) in [6.07, 6.45) is 0.342. The first-order valence-electron chi connectivity index (χ1n) is 6.34. The summed E-state index contributed by atoms with van der Waals surface area (Å²) >= 11 is 0. The van der Waals surface area contributed by atoms with Crippen LogP contribution in [0.5, 0.6) is 0 Å². The Morgan fingerprint density at radius 2 is 2.28 bits per heavy atom.